The fourth-order valence-corrected chi connectivity index (χ4v) is 5.44. The zero-order valence-corrected chi connectivity index (χ0v) is 14.1. The number of carbonyl (C=O) groups is 2. The summed E-state index contributed by atoms with van der Waals surface area (Å²) in [5, 5.41) is 23.3. The number of rotatable bonds is 4. The van der Waals surface area contributed by atoms with Gasteiger partial charge in [0.15, 0.2) is 0 Å². The SMILES string of the molecule is CC(C)(C)OC(=O)[C@@H]1C2(O)CC3CC(C2)CC1(NCC(=O)O)C3. The molecule has 4 saturated carbocycles. The van der Waals surface area contributed by atoms with Crippen LogP contribution in [0.4, 0.5) is 0 Å². The average Bonchev–Trinajstić information content (AvgIpc) is 2.31. The highest BCUT2D eigenvalue weighted by Gasteiger charge is 2.66. The fourth-order valence-electron chi connectivity index (χ4n) is 5.44. The third kappa shape index (κ3) is 2.98. The predicted molar refractivity (Wildman–Crippen MR) is 82.7 cm³/mol. The topological polar surface area (TPSA) is 95.9 Å². The third-order valence-electron chi connectivity index (χ3n) is 5.58. The lowest BCUT2D eigenvalue weighted by Gasteiger charge is -2.63. The molecule has 0 spiro atoms. The van der Waals surface area contributed by atoms with Crippen molar-refractivity contribution in [2.75, 3.05) is 6.54 Å². The second-order valence-corrected chi connectivity index (χ2v) is 8.76. The van der Waals surface area contributed by atoms with E-state index >= 15 is 0 Å². The van der Waals surface area contributed by atoms with Gasteiger partial charge in [-0.3, -0.25) is 9.59 Å². The van der Waals surface area contributed by atoms with Gasteiger partial charge in [0, 0.05) is 5.54 Å². The van der Waals surface area contributed by atoms with Gasteiger partial charge < -0.3 is 20.3 Å². The van der Waals surface area contributed by atoms with E-state index in [1.165, 1.54) is 0 Å². The van der Waals surface area contributed by atoms with Crippen LogP contribution >= 0.6 is 0 Å². The Bertz CT molecular complexity index is 510. The minimum Gasteiger partial charge on any atom is -0.480 e. The number of hydrogen-bond acceptors (Lipinski definition) is 5. The smallest absolute Gasteiger partial charge is 0.317 e. The minimum absolute atomic E-state index is 0.200. The Morgan fingerprint density at radius 3 is 2.22 bits per heavy atom. The van der Waals surface area contributed by atoms with Crippen molar-refractivity contribution in [1.29, 1.82) is 0 Å². The van der Waals surface area contributed by atoms with Crippen LogP contribution in [0.2, 0.25) is 0 Å². The molecule has 6 heteroatoms. The Labute approximate surface area is 136 Å². The molecule has 130 valence electrons. The van der Waals surface area contributed by atoms with Crippen LogP contribution in [0.1, 0.15) is 52.9 Å². The number of nitrogens with one attached hydrogen (secondary N) is 1. The highest BCUT2D eigenvalue weighted by Crippen LogP contribution is 2.60. The minimum atomic E-state index is -1.07. The Kier molecular flexibility index (Phi) is 3.76. The van der Waals surface area contributed by atoms with Crippen molar-refractivity contribution in [2.24, 2.45) is 17.8 Å². The monoisotopic (exact) mass is 325 g/mol. The van der Waals surface area contributed by atoms with E-state index in [-0.39, 0.29) is 6.54 Å². The highest BCUT2D eigenvalue weighted by atomic mass is 16.6. The van der Waals surface area contributed by atoms with Crippen LogP contribution in [0.3, 0.4) is 0 Å². The van der Waals surface area contributed by atoms with Crippen LogP contribution in [0.15, 0.2) is 0 Å². The van der Waals surface area contributed by atoms with Gasteiger partial charge in [0.1, 0.15) is 11.5 Å². The number of carboxylic acids is 1. The molecule has 0 radical (unpaired) electrons. The summed E-state index contributed by atoms with van der Waals surface area (Å²) in [6.07, 6.45) is 3.78. The summed E-state index contributed by atoms with van der Waals surface area (Å²) in [5.74, 6) is -1.34. The first-order chi connectivity index (χ1) is 10.5. The number of aliphatic hydroxyl groups is 1. The van der Waals surface area contributed by atoms with Crippen molar-refractivity contribution < 1.29 is 24.5 Å². The quantitative estimate of drug-likeness (QED) is 0.675. The highest BCUT2D eigenvalue weighted by molar-refractivity contribution is 5.77. The van der Waals surface area contributed by atoms with Crippen molar-refractivity contribution in [3.05, 3.63) is 0 Å². The molecule has 0 aromatic heterocycles. The molecule has 0 aliphatic heterocycles. The third-order valence-corrected chi connectivity index (χ3v) is 5.58. The molecule has 0 amide bonds. The second kappa shape index (κ2) is 5.18. The largest absolute Gasteiger partial charge is 0.480 e. The first-order valence-electron chi connectivity index (χ1n) is 8.45. The molecule has 3 atom stereocenters. The van der Waals surface area contributed by atoms with Crippen molar-refractivity contribution in [2.45, 2.75) is 69.6 Å². The van der Waals surface area contributed by atoms with Crippen LogP contribution in [0, 0.1) is 17.8 Å². The Morgan fingerprint density at radius 2 is 1.74 bits per heavy atom. The molecule has 4 aliphatic carbocycles. The average molecular weight is 325 g/mol. The molecular formula is C17H27NO5. The Morgan fingerprint density at radius 1 is 1.17 bits per heavy atom. The van der Waals surface area contributed by atoms with Gasteiger partial charge >= 0.3 is 11.9 Å². The van der Waals surface area contributed by atoms with Gasteiger partial charge in [0.2, 0.25) is 0 Å². The van der Waals surface area contributed by atoms with Crippen molar-refractivity contribution in [3.63, 3.8) is 0 Å². The van der Waals surface area contributed by atoms with Crippen LogP contribution in [-0.4, -0.2) is 45.4 Å². The maximum Gasteiger partial charge on any atom is 0.317 e. The summed E-state index contributed by atoms with van der Waals surface area (Å²) in [6, 6.07) is 0. The maximum atomic E-state index is 12.8. The van der Waals surface area contributed by atoms with E-state index in [0.717, 1.165) is 19.3 Å². The molecule has 0 aromatic rings. The maximum absolute atomic E-state index is 12.8. The van der Waals surface area contributed by atoms with E-state index in [4.69, 9.17) is 9.84 Å². The standard InChI is InChI=1S/C17H27NO5/c1-15(2,3)23-14(21)13-16(18-9-12(19)20)5-10-4-11(6-16)8-17(13,22)7-10/h10-11,13,18,22H,4-9H2,1-3H3,(H,19,20)/t10?,11?,13-,16?,17?/m0/s1. The molecular weight excluding hydrogens is 298 g/mol. The molecule has 0 heterocycles. The van der Waals surface area contributed by atoms with Gasteiger partial charge in [-0.1, -0.05) is 0 Å². The van der Waals surface area contributed by atoms with Gasteiger partial charge in [-0.15, -0.1) is 0 Å². The molecule has 23 heavy (non-hydrogen) atoms. The van der Waals surface area contributed by atoms with Crippen LogP contribution in [0.5, 0.6) is 0 Å². The summed E-state index contributed by atoms with van der Waals surface area (Å²) in [4.78, 5) is 23.9. The van der Waals surface area contributed by atoms with Gasteiger partial charge in [0.05, 0.1) is 12.1 Å². The number of carbonyl (C=O) groups excluding carboxylic acids is 1. The summed E-state index contributed by atoms with van der Waals surface area (Å²) < 4.78 is 5.57. The van der Waals surface area contributed by atoms with Gasteiger partial charge in [-0.2, -0.15) is 0 Å². The summed E-state index contributed by atoms with van der Waals surface area (Å²) in [7, 11) is 0. The molecule has 2 unspecified atom stereocenters. The van der Waals surface area contributed by atoms with Crippen LogP contribution < -0.4 is 5.32 Å². The van der Waals surface area contributed by atoms with E-state index in [9.17, 15) is 14.7 Å². The molecule has 0 aromatic carbocycles. The van der Waals surface area contributed by atoms with Crippen LogP contribution in [-0.2, 0) is 14.3 Å². The molecule has 4 fully saturated rings. The van der Waals surface area contributed by atoms with Crippen LogP contribution in [0.25, 0.3) is 0 Å². The van der Waals surface area contributed by atoms with Crippen molar-refractivity contribution in [1.82, 2.24) is 5.32 Å². The van der Waals surface area contributed by atoms with Gasteiger partial charge in [-0.25, -0.2) is 0 Å². The lowest BCUT2D eigenvalue weighted by molar-refractivity contribution is -0.215. The molecule has 6 nitrogen and oxygen atoms in total. The van der Waals surface area contributed by atoms with Gasteiger partial charge in [0.25, 0.3) is 0 Å². The molecule has 3 N–H and O–H groups in total. The normalized spacial score (nSPS) is 41.8. The lowest BCUT2D eigenvalue weighted by Crippen LogP contribution is -2.73. The first kappa shape index (κ1) is 16.7. The Hall–Kier alpha value is -1.14. The Balaban J connectivity index is 1.92. The summed E-state index contributed by atoms with van der Waals surface area (Å²) in [6.45, 7) is 5.22. The number of ether oxygens (including phenoxy) is 1. The molecule has 0 saturated heterocycles. The number of esters is 1. The van der Waals surface area contributed by atoms with E-state index in [1.54, 1.807) is 0 Å². The van der Waals surface area contributed by atoms with E-state index in [0.29, 0.717) is 24.7 Å². The van der Waals surface area contributed by atoms with E-state index < -0.39 is 34.6 Å². The lowest BCUT2D eigenvalue weighted by atomic mass is 9.46. The number of aliphatic carboxylic acids is 1. The first-order valence-corrected chi connectivity index (χ1v) is 8.45. The molecule has 4 rings (SSSR count). The fraction of sp³-hybridized carbons (Fsp3) is 0.882. The van der Waals surface area contributed by atoms with E-state index in [2.05, 4.69) is 5.32 Å². The predicted octanol–water partition coefficient (Wildman–Crippen LogP) is 1.31. The second-order valence-electron chi connectivity index (χ2n) is 8.76. The zero-order chi connectivity index (χ0) is 17.0. The van der Waals surface area contributed by atoms with Crippen molar-refractivity contribution in [3.8, 4) is 0 Å². The summed E-state index contributed by atoms with van der Waals surface area (Å²) >= 11 is 0. The number of hydrogen-bond donors (Lipinski definition) is 3. The molecule has 4 bridgehead atoms. The number of carboxylic acid groups (broad SMARTS) is 1. The molecule has 4 aliphatic rings. The van der Waals surface area contributed by atoms with Crippen molar-refractivity contribution >= 4 is 11.9 Å². The van der Waals surface area contributed by atoms with Gasteiger partial charge in [-0.05, 0) is 64.7 Å². The zero-order valence-electron chi connectivity index (χ0n) is 14.1. The summed E-state index contributed by atoms with van der Waals surface area (Å²) in [5.41, 5.74) is -2.35. The van der Waals surface area contributed by atoms with E-state index in [1.807, 2.05) is 20.8 Å².